The lowest BCUT2D eigenvalue weighted by Gasteiger charge is -2.20. The van der Waals surface area contributed by atoms with Gasteiger partial charge < -0.3 is 4.90 Å². The van der Waals surface area contributed by atoms with E-state index in [2.05, 4.69) is 4.98 Å². The smallest absolute Gasteiger partial charge is 0.267 e. The highest BCUT2D eigenvalue weighted by molar-refractivity contribution is 7.92. The van der Waals surface area contributed by atoms with Crippen LogP contribution in [0.3, 0.4) is 0 Å². The first-order chi connectivity index (χ1) is 14.0. The molecule has 1 aliphatic rings. The van der Waals surface area contributed by atoms with Crippen molar-refractivity contribution in [3.8, 4) is 0 Å². The highest BCUT2D eigenvalue weighted by atomic mass is 32.2. The van der Waals surface area contributed by atoms with Gasteiger partial charge in [0.1, 0.15) is 6.67 Å². The van der Waals surface area contributed by atoms with E-state index < -0.39 is 10.0 Å². The fraction of sp³-hybridized carbons (Fsp3) is 0.0909. The maximum Gasteiger partial charge on any atom is 0.267 e. The number of hydrogen-bond donors (Lipinski definition) is 0. The Bertz CT molecular complexity index is 1310. The van der Waals surface area contributed by atoms with Crippen LogP contribution in [0, 0.1) is 6.92 Å². The zero-order valence-corrected chi connectivity index (χ0v) is 16.5. The molecule has 0 spiro atoms. The molecule has 1 aliphatic heterocycles. The lowest BCUT2D eigenvalue weighted by molar-refractivity contribution is 0.592. The van der Waals surface area contributed by atoms with E-state index in [1.165, 1.54) is 4.31 Å². The zero-order valence-electron chi connectivity index (χ0n) is 15.7. The highest BCUT2D eigenvalue weighted by Crippen LogP contribution is 2.41. The number of nitrogens with zero attached hydrogens (tertiary/aromatic N) is 4. The van der Waals surface area contributed by atoms with Crippen LogP contribution in [0.1, 0.15) is 5.56 Å². The zero-order chi connectivity index (χ0) is 20.0. The molecule has 29 heavy (non-hydrogen) atoms. The number of sulfonamides is 1. The minimum atomic E-state index is -3.78. The third-order valence-corrected chi connectivity index (χ3v) is 6.71. The Hall–Kier alpha value is -3.45. The lowest BCUT2D eigenvalue weighted by atomic mass is 10.2. The number of para-hydroxylation sites is 2. The first-order valence-electron chi connectivity index (χ1n) is 9.23. The molecule has 0 fully saturated rings. The average Bonchev–Trinajstić information content (AvgIpc) is 3.12. The van der Waals surface area contributed by atoms with Crippen LogP contribution in [0.2, 0.25) is 0 Å². The summed E-state index contributed by atoms with van der Waals surface area (Å²) in [6.45, 7) is 2.13. The van der Waals surface area contributed by atoms with Crippen LogP contribution < -0.4 is 9.21 Å². The van der Waals surface area contributed by atoms with E-state index in [9.17, 15) is 8.42 Å². The molecule has 0 bridgehead atoms. The Morgan fingerprint density at radius 1 is 0.759 bits per heavy atom. The van der Waals surface area contributed by atoms with Gasteiger partial charge in [0.2, 0.25) is 0 Å². The van der Waals surface area contributed by atoms with Crippen molar-refractivity contribution in [2.45, 2.75) is 11.8 Å². The van der Waals surface area contributed by atoms with Gasteiger partial charge in [-0.15, -0.1) is 0 Å². The van der Waals surface area contributed by atoms with Gasteiger partial charge in [0, 0.05) is 5.69 Å². The minimum Gasteiger partial charge on any atom is -0.304 e. The average molecular weight is 402 g/mol. The second-order valence-corrected chi connectivity index (χ2v) is 8.79. The molecular weight excluding hydrogens is 384 g/mol. The van der Waals surface area contributed by atoms with Crippen molar-refractivity contribution in [3.63, 3.8) is 0 Å². The monoisotopic (exact) mass is 402 g/mol. The maximum atomic E-state index is 13.4. The van der Waals surface area contributed by atoms with E-state index in [0.717, 1.165) is 16.8 Å². The first-order valence-corrected chi connectivity index (χ1v) is 10.7. The van der Waals surface area contributed by atoms with E-state index in [1.54, 1.807) is 30.3 Å². The van der Waals surface area contributed by atoms with Gasteiger partial charge in [-0.1, -0.05) is 48.0 Å². The van der Waals surface area contributed by atoms with Crippen molar-refractivity contribution >= 4 is 38.4 Å². The van der Waals surface area contributed by atoms with E-state index >= 15 is 0 Å². The Morgan fingerprint density at radius 2 is 1.34 bits per heavy atom. The van der Waals surface area contributed by atoms with Crippen LogP contribution in [0.4, 0.5) is 17.3 Å². The number of aromatic nitrogens is 2. The summed E-state index contributed by atoms with van der Waals surface area (Å²) >= 11 is 0. The molecule has 0 unspecified atom stereocenters. The molecule has 0 atom stereocenters. The topological polar surface area (TPSA) is 66.4 Å². The normalized spacial score (nSPS) is 13.7. The van der Waals surface area contributed by atoms with Gasteiger partial charge in [0.15, 0.2) is 11.6 Å². The Balaban J connectivity index is 1.71. The van der Waals surface area contributed by atoms with Crippen molar-refractivity contribution in [3.05, 3.63) is 84.4 Å². The number of benzene rings is 3. The highest BCUT2D eigenvalue weighted by Gasteiger charge is 2.38. The van der Waals surface area contributed by atoms with Crippen LogP contribution in [0.5, 0.6) is 0 Å². The van der Waals surface area contributed by atoms with Gasteiger partial charge in [-0.25, -0.2) is 22.7 Å². The van der Waals surface area contributed by atoms with Crippen molar-refractivity contribution < 1.29 is 8.42 Å². The molecule has 2 heterocycles. The fourth-order valence-electron chi connectivity index (χ4n) is 3.43. The van der Waals surface area contributed by atoms with Crippen LogP contribution in [0.25, 0.3) is 11.0 Å². The van der Waals surface area contributed by atoms with Crippen molar-refractivity contribution in [2.75, 3.05) is 15.9 Å². The summed E-state index contributed by atoms with van der Waals surface area (Å²) in [5.74, 6) is 0.875. The third-order valence-electron chi connectivity index (χ3n) is 4.97. The summed E-state index contributed by atoms with van der Waals surface area (Å²) in [6, 6.07) is 23.8. The summed E-state index contributed by atoms with van der Waals surface area (Å²) in [5.41, 5.74) is 3.38. The molecule has 0 saturated carbocycles. The molecule has 0 N–H and O–H groups in total. The van der Waals surface area contributed by atoms with Crippen LogP contribution >= 0.6 is 0 Å². The van der Waals surface area contributed by atoms with Crippen molar-refractivity contribution in [2.24, 2.45) is 0 Å². The summed E-state index contributed by atoms with van der Waals surface area (Å²) in [6.07, 6.45) is 0. The Kier molecular flexibility index (Phi) is 3.99. The molecule has 0 saturated heterocycles. The van der Waals surface area contributed by atoms with E-state index in [-0.39, 0.29) is 11.6 Å². The standard InChI is InChI=1S/C22H18N4O2S/c1-16-11-13-17(14-12-16)25-15-26(29(27,28)18-7-3-2-4-8-18)22-21(25)23-19-9-5-6-10-20(19)24-22/h2-14H,15H2,1H3. The predicted molar refractivity (Wildman–Crippen MR) is 114 cm³/mol. The number of aryl methyl sites for hydroxylation is 1. The van der Waals surface area contributed by atoms with E-state index in [0.29, 0.717) is 17.2 Å². The van der Waals surface area contributed by atoms with E-state index in [4.69, 9.17) is 4.98 Å². The molecule has 0 radical (unpaired) electrons. The fourth-order valence-corrected chi connectivity index (χ4v) is 4.80. The number of anilines is 3. The van der Waals surface area contributed by atoms with Crippen molar-refractivity contribution in [1.82, 2.24) is 9.97 Å². The Labute approximate surface area is 169 Å². The molecule has 0 aliphatic carbocycles. The molecule has 0 amide bonds. The van der Waals surface area contributed by atoms with Gasteiger partial charge in [-0.05, 0) is 43.3 Å². The van der Waals surface area contributed by atoms with Gasteiger partial charge in [0.25, 0.3) is 10.0 Å². The molecule has 4 aromatic rings. The molecule has 1 aromatic heterocycles. The van der Waals surface area contributed by atoms with E-state index in [1.807, 2.05) is 60.4 Å². The van der Waals surface area contributed by atoms with Crippen LogP contribution in [0.15, 0.2) is 83.8 Å². The second kappa shape index (κ2) is 6.56. The predicted octanol–water partition coefficient (Wildman–Crippen LogP) is 4.24. The summed E-state index contributed by atoms with van der Waals surface area (Å²) in [7, 11) is -3.78. The third kappa shape index (κ3) is 2.91. The SMILES string of the molecule is Cc1ccc(N2CN(S(=O)(=O)c3ccccc3)c3nc4ccccc4nc32)cc1. The van der Waals surface area contributed by atoms with Gasteiger partial charge in [0.05, 0.1) is 15.9 Å². The summed E-state index contributed by atoms with van der Waals surface area (Å²) in [4.78, 5) is 11.5. The number of rotatable bonds is 3. The molecule has 3 aromatic carbocycles. The lowest BCUT2D eigenvalue weighted by Crippen LogP contribution is -2.34. The van der Waals surface area contributed by atoms with Gasteiger partial charge in [-0.2, -0.15) is 0 Å². The molecular formula is C22H18N4O2S. The Morgan fingerprint density at radius 3 is 2.00 bits per heavy atom. The second-order valence-electron chi connectivity index (χ2n) is 6.93. The van der Waals surface area contributed by atoms with Gasteiger partial charge in [-0.3, -0.25) is 0 Å². The molecule has 5 rings (SSSR count). The maximum absolute atomic E-state index is 13.4. The molecule has 6 nitrogen and oxygen atoms in total. The number of fused-ring (bicyclic) bond motifs is 2. The van der Waals surface area contributed by atoms with Crippen LogP contribution in [-0.4, -0.2) is 25.1 Å². The summed E-state index contributed by atoms with van der Waals surface area (Å²) in [5, 5.41) is 0. The quantitative estimate of drug-likeness (QED) is 0.513. The van der Waals surface area contributed by atoms with Crippen molar-refractivity contribution in [1.29, 1.82) is 0 Å². The molecule has 144 valence electrons. The minimum absolute atomic E-state index is 0.117. The van der Waals surface area contributed by atoms with Gasteiger partial charge >= 0.3 is 0 Å². The summed E-state index contributed by atoms with van der Waals surface area (Å²) < 4.78 is 28.1. The largest absolute Gasteiger partial charge is 0.304 e. The number of hydrogen-bond acceptors (Lipinski definition) is 5. The van der Waals surface area contributed by atoms with Crippen LogP contribution in [-0.2, 0) is 10.0 Å². The molecule has 7 heteroatoms. The first kappa shape index (κ1) is 17.6.